The molecule has 1 aliphatic rings. The lowest BCUT2D eigenvalue weighted by molar-refractivity contribution is -0.118. The number of benzene rings is 2. The number of amides is 1. The van der Waals surface area contributed by atoms with E-state index < -0.39 is 0 Å². The molecule has 1 atom stereocenters. The van der Waals surface area contributed by atoms with Gasteiger partial charge in [0.25, 0.3) is 0 Å². The van der Waals surface area contributed by atoms with Gasteiger partial charge in [-0.25, -0.2) is 0 Å². The van der Waals surface area contributed by atoms with E-state index in [9.17, 15) is 4.79 Å². The Bertz CT molecular complexity index is 908. The lowest BCUT2D eigenvalue weighted by Gasteiger charge is -2.07. The lowest BCUT2D eigenvalue weighted by atomic mass is 10.0. The van der Waals surface area contributed by atoms with Gasteiger partial charge in [0.05, 0.1) is 18.1 Å². The van der Waals surface area contributed by atoms with E-state index in [-0.39, 0.29) is 11.2 Å². The summed E-state index contributed by atoms with van der Waals surface area (Å²) in [5.41, 5.74) is 4.51. The summed E-state index contributed by atoms with van der Waals surface area (Å²) in [4.78, 5) is 12.3. The number of amidine groups is 1. The van der Waals surface area contributed by atoms with E-state index in [1.54, 1.807) is 6.21 Å². The molecule has 0 radical (unpaired) electrons. The minimum atomic E-state index is -0.184. The highest BCUT2D eigenvalue weighted by Gasteiger charge is 2.30. The predicted octanol–water partition coefficient (Wildman–Crippen LogP) is 4.26. The molecular formula is C22H25N3O2S. The van der Waals surface area contributed by atoms with E-state index in [1.165, 1.54) is 22.9 Å². The van der Waals surface area contributed by atoms with Crippen molar-refractivity contribution in [2.75, 3.05) is 6.61 Å². The van der Waals surface area contributed by atoms with Crippen LogP contribution in [0.2, 0.25) is 0 Å². The molecule has 0 aliphatic carbocycles. The first kappa shape index (κ1) is 20.1. The van der Waals surface area contributed by atoms with Crippen LogP contribution in [0.1, 0.15) is 35.6 Å². The highest BCUT2D eigenvalue weighted by atomic mass is 32.2. The summed E-state index contributed by atoms with van der Waals surface area (Å²) < 4.78 is 5.71. The number of para-hydroxylation sites is 1. The van der Waals surface area contributed by atoms with Gasteiger partial charge in [0.1, 0.15) is 5.75 Å². The molecule has 146 valence electrons. The average Bonchev–Trinajstić information content (AvgIpc) is 3.03. The molecule has 28 heavy (non-hydrogen) atoms. The number of aryl methyl sites for hydroxylation is 2. The second-order valence-electron chi connectivity index (χ2n) is 6.75. The molecule has 1 N–H and O–H groups in total. The van der Waals surface area contributed by atoms with Crippen LogP contribution in [0.3, 0.4) is 0 Å². The van der Waals surface area contributed by atoms with Crippen LogP contribution >= 0.6 is 11.8 Å². The molecule has 1 heterocycles. The second-order valence-corrected chi connectivity index (χ2v) is 7.95. The number of thioether (sulfide) groups is 1. The predicted molar refractivity (Wildman–Crippen MR) is 116 cm³/mol. The van der Waals surface area contributed by atoms with Gasteiger partial charge < -0.3 is 10.1 Å². The summed E-state index contributed by atoms with van der Waals surface area (Å²) in [5.74, 6) is 0.757. The minimum Gasteiger partial charge on any atom is -0.493 e. The molecule has 1 aliphatic heterocycles. The fourth-order valence-electron chi connectivity index (χ4n) is 2.81. The molecule has 0 bridgehead atoms. The lowest BCUT2D eigenvalue weighted by Crippen LogP contribution is -2.26. The van der Waals surface area contributed by atoms with E-state index in [2.05, 4.69) is 54.5 Å². The van der Waals surface area contributed by atoms with Gasteiger partial charge in [0, 0.05) is 5.56 Å². The van der Waals surface area contributed by atoms with Gasteiger partial charge >= 0.3 is 0 Å². The molecule has 1 unspecified atom stereocenters. The van der Waals surface area contributed by atoms with Crippen molar-refractivity contribution < 1.29 is 9.53 Å². The Kier molecular flexibility index (Phi) is 6.87. The van der Waals surface area contributed by atoms with E-state index in [1.807, 2.05) is 24.3 Å². The van der Waals surface area contributed by atoms with Gasteiger partial charge in [0.15, 0.2) is 5.17 Å². The molecule has 6 heteroatoms. The Hall–Kier alpha value is -2.60. The average molecular weight is 396 g/mol. The van der Waals surface area contributed by atoms with Crippen LogP contribution in [0.25, 0.3) is 0 Å². The van der Waals surface area contributed by atoms with E-state index >= 15 is 0 Å². The molecule has 0 aromatic heterocycles. The number of nitrogens with zero attached hydrogens (tertiary/aromatic N) is 2. The van der Waals surface area contributed by atoms with Gasteiger partial charge in [-0.2, -0.15) is 5.10 Å². The van der Waals surface area contributed by atoms with E-state index in [0.29, 0.717) is 18.2 Å². The van der Waals surface area contributed by atoms with Crippen molar-refractivity contribution in [3.63, 3.8) is 0 Å². The molecule has 2 aromatic rings. The maximum absolute atomic E-state index is 12.3. The first-order valence-electron chi connectivity index (χ1n) is 9.43. The monoisotopic (exact) mass is 395 g/mol. The van der Waals surface area contributed by atoms with Crippen molar-refractivity contribution in [2.24, 2.45) is 10.2 Å². The first-order valence-corrected chi connectivity index (χ1v) is 10.3. The Morgan fingerprint density at radius 3 is 2.79 bits per heavy atom. The zero-order valence-corrected chi connectivity index (χ0v) is 17.3. The molecule has 3 rings (SSSR count). The van der Waals surface area contributed by atoms with Crippen LogP contribution in [-0.2, 0) is 11.2 Å². The van der Waals surface area contributed by atoms with Crippen LogP contribution in [0.5, 0.6) is 5.75 Å². The molecule has 1 saturated heterocycles. The third-order valence-electron chi connectivity index (χ3n) is 4.49. The topological polar surface area (TPSA) is 63.1 Å². The Morgan fingerprint density at radius 1 is 1.18 bits per heavy atom. The molecule has 0 spiro atoms. The van der Waals surface area contributed by atoms with Crippen LogP contribution in [0.15, 0.2) is 52.7 Å². The Morgan fingerprint density at radius 2 is 2.00 bits per heavy atom. The second kappa shape index (κ2) is 9.55. The Labute approximate surface area is 170 Å². The highest BCUT2D eigenvalue weighted by molar-refractivity contribution is 8.15. The van der Waals surface area contributed by atoms with Crippen molar-refractivity contribution in [1.82, 2.24) is 5.32 Å². The molecule has 1 fully saturated rings. The summed E-state index contributed by atoms with van der Waals surface area (Å²) in [6.07, 6.45) is 3.27. The number of hydrogen-bond acceptors (Lipinski definition) is 5. The quantitative estimate of drug-likeness (QED) is 0.563. The minimum absolute atomic E-state index is 0.0242. The van der Waals surface area contributed by atoms with Crippen LogP contribution in [0, 0.1) is 13.8 Å². The summed E-state index contributed by atoms with van der Waals surface area (Å²) in [6.45, 7) is 6.90. The van der Waals surface area contributed by atoms with Crippen LogP contribution < -0.4 is 10.1 Å². The van der Waals surface area contributed by atoms with Crippen LogP contribution in [-0.4, -0.2) is 29.1 Å². The van der Waals surface area contributed by atoms with Crippen molar-refractivity contribution in [3.05, 3.63) is 64.7 Å². The fourth-order valence-corrected chi connectivity index (χ4v) is 3.77. The van der Waals surface area contributed by atoms with Gasteiger partial charge in [-0.05, 0) is 55.5 Å². The van der Waals surface area contributed by atoms with Gasteiger partial charge in [0.2, 0.25) is 5.91 Å². The number of carbonyl (C=O) groups excluding carboxylic acids is 1. The van der Waals surface area contributed by atoms with Crippen molar-refractivity contribution in [2.45, 2.75) is 38.9 Å². The van der Waals surface area contributed by atoms with Gasteiger partial charge in [-0.15, -0.1) is 5.10 Å². The third-order valence-corrected chi connectivity index (χ3v) is 5.57. The highest BCUT2D eigenvalue weighted by Crippen LogP contribution is 2.24. The third kappa shape index (κ3) is 5.23. The summed E-state index contributed by atoms with van der Waals surface area (Å²) in [5, 5.41) is 11.5. The largest absolute Gasteiger partial charge is 0.493 e. The SMILES string of the molecule is CCCOc1ccccc1/C=N/N=C1/NC(=O)C(Cc2ccc(C)c(C)c2)S1. The maximum Gasteiger partial charge on any atom is 0.239 e. The van der Waals surface area contributed by atoms with Gasteiger partial charge in [-0.1, -0.05) is 49.0 Å². The fraction of sp³-hybridized carbons (Fsp3) is 0.318. The Balaban J connectivity index is 1.64. The summed E-state index contributed by atoms with van der Waals surface area (Å²) >= 11 is 1.42. The number of carbonyl (C=O) groups is 1. The number of nitrogens with one attached hydrogen (secondary N) is 1. The van der Waals surface area contributed by atoms with Crippen molar-refractivity contribution in [1.29, 1.82) is 0 Å². The molecule has 0 saturated carbocycles. The molecule has 5 nitrogen and oxygen atoms in total. The molecular weight excluding hydrogens is 370 g/mol. The zero-order chi connectivity index (χ0) is 19.9. The normalized spacial score (nSPS) is 18.0. The van der Waals surface area contributed by atoms with Gasteiger partial charge in [-0.3, -0.25) is 4.79 Å². The molecule has 2 aromatic carbocycles. The van der Waals surface area contributed by atoms with E-state index in [4.69, 9.17) is 4.74 Å². The maximum atomic E-state index is 12.3. The molecule has 1 amide bonds. The standard InChI is InChI=1S/C22H25N3O2S/c1-4-11-27-19-8-6-5-7-18(19)14-23-25-22-24-21(26)20(28-22)13-17-10-9-15(2)16(3)12-17/h5-10,12,14,20H,4,11,13H2,1-3H3,(H,24,25,26)/b23-14+. The van der Waals surface area contributed by atoms with Crippen LogP contribution in [0.4, 0.5) is 0 Å². The number of hydrogen-bond donors (Lipinski definition) is 1. The summed E-state index contributed by atoms with van der Waals surface area (Å²) in [6, 6.07) is 14.0. The first-order chi connectivity index (χ1) is 13.6. The van der Waals surface area contributed by atoms with Crippen molar-refractivity contribution >= 4 is 29.1 Å². The smallest absolute Gasteiger partial charge is 0.239 e. The number of rotatable bonds is 7. The number of ether oxygens (including phenoxy) is 1. The zero-order valence-electron chi connectivity index (χ0n) is 16.4. The van der Waals surface area contributed by atoms with E-state index in [0.717, 1.165) is 23.3 Å². The summed E-state index contributed by atoms with van der Waals surface area (Å²) in [7, 11) is 0. The van der Waals surface area contributed by atoms with Crippen molar-refractivity contribution in [3.8, 4) is 5.75 Å².